The third-order valence-corrected chi connectivity index (χ3v) is 4.08. The summed E-state index contributed by atoms with van der Waals surface area (Å²) in [4.78, 5) is 2.22. The average molecular weight is 316 g/mol. The standard InChI is InChI=1S/C18H18ClNO2/c1-3-15-12-22-18(13-4-6-14(19)7-5-13)20(15)16-8-10-17(21-2)11-9-16/h3-11,15,18H,1,12H2,2H3/t15-,18-/m1/s1. The van der Waals surface area contributed by atoms with Gasteiger partial charge in [-0.3, -0.25) is 0 Å². The molecule has 4 heteroatoms. The van der Waals surface area contributed by atoms with Crippen LogP contribution in [0.4, 0.5) is 5.69 Å². The van der Waals surface area contributed by atoms with Gasteiger partial charge < -0.3 is 14.4 Å². The molecule has 2 aromatic rings. The van der Waals surface area contributed by atoms with Crippen molar-refractivity contribution in [1.82, 2.24) is 0 Å². The lowest BCUT2D eigenvalue weighted by Gasteiger charge is -2.29. The minimum atomic E-state index is -0.145. The lowest BCUT2D eigenvalue weighted by Crippen LogP contribution is -2.31. The van der Waals surface area contributed by atoms with E-state index in [-0.39, 0.29) is 12.3 Å². The Hall–Kier alpha value is -1.97. The summed E-state index contributed by atoms with van der Waals surface area (Å²) >= 11 is 5.98. The van der Waals surface area contributed by atoms with E-state index in [4.69, 9.17) is 21.1 Å². The molecule has 1 aliphatic heterocycles. The molecule has 0 spiro atoms. The van der Waals surface area contributed by atoms with E-state index in [2.05, 4.69) is 11.5 Å². The molecule has 2 aromatic carbocycles. The molecule has 0 bridgehead atoms. The highest BCUT2D eigenvalue weighted by Gasteiger charge is 2.33. The highest BCUT2D eigenvalue weighted by Crippen LogP contribution is 2.36. The molecule has 3 rings (SSSR count). The normalized spacial score (nSPS) is 20.9. The van der Waals surface area contributed by atoms with E-state index in [0.717, 1.165) is 22.0 Å². The molecule has 1 saturated heterocycles. The number of hydrogen-bond acceptors (Lipinski definition) is 3. The number of hydrogen-bond donors (Lipinski definition) is 0. The van der Waals surface area contributed by atoms with E-state index < -0.39 is 0 Å². The lowest BCUT2D eigenvalue weighted by atomic mass is 10.1. The summed E-state index contributed by atoms with van der Waals surface area (Å²) in [5.74, 6) is 0.835. The summed E-state index contributed by atoms with van der Waals surface area (Å²) < 4.78 is 11.2. The Morgan fingerprint density at radius 1 is 1.18 bits per heavy atom. The minimum Gasteiger partial charge on any atom is -0.497 e. The summed E-state index contributed by atoms with van der Waals surface area (Å²) in [5, 5.41) is 0.720. The summed E-state index contributed by atoms with van der Waals surface area (Å²) in [6.45, 7) is 4.54. The van der Waals surface area contributed by atoms with Crippen molar-refractivity contribution in [3.63, 3.8) is 0 Å². The zero-order valence-corrected chi connectivity index (χ0v) is 13.2. The number of methoxy groups -OCH3 is 1. The van der Waals surface area contributed by atoms with E-state index in [9.17, 15) is 0 Å². The fourth-order valence-corrected chi connectivity index (χ4v) is 2.80. The maximum atomic E-state index is 5.99. The molecule has 2 atom stereocenters. The molecule has 0 aromatic heterocycles. The molecule has 1 fully saturated rings. The third-order valence-electron chi connectivity index (χ3n) is 3.83. The maximum absolute atomic E-state index is 5.99. The minimum absolute atomic E-state index is 0.133. The molecule has 0 saturated carbocycles. The van der Waals surface area contributed by atoms with Crippen LogP contribution in [0.25, 0.3) is 0 Å². The van der Waals surface area contributed by atoms with E-state index in [1.54, 1.807) is 7.11 Å². The van der Waals surface area contributed by atoms with Crippen LogP contribution in [0.5, 0.6) is 5.75 Å². The largest absolute Gasteiger partial charge is 0.497 e. The fraction of sp³-hybridized carbons (Fsp3) is 0.222. The van der Waals surface area contributed by atoms with Gasteiger partial charge in [-0.2, -0.15) is 0 Å². The van der Waals surface area contributed by atoms with E-state index >= 15 is 0 Å². The second-order valence-corrected chi connectivity index (χ2v) is 5.58. The molecule has 114 valence electrons. The van der Waals surface area contributed by atoms with Crippen LogP contribution in [0, 0.1) is 0 Å². The first-order chi connectivity index (χ1) is 10.7. The average Bonchev–Trinajstić information content (AvgIpc) is 2.99. The molecule has 0 amide bonds. The maximum Gasteiger partial charge on any atom is 0.157 e. The van der Waals surface area contributed by atoms with Crippen LogP contribution < -0.4 is 9.64 Å². The number of anilines is 1. The molecule has 0 aliphatic carbocycles. The first-order valence-corrected chi connectivity index (χ1v) is 7.52. The fourth-order valence-electron chi connectivity index (χ4n) is 2.67. The van der Waals surface area contributed by atoms with Gasteiger partial charge in [-0.1, -0.05) is 29.8 Å². The summed E-state index contributed by atoms with van der Waals surface area (Å²) in [6, 6.07) is 15.9. The van der Waals surface area contributed by atoms with Gasteiger partial charge in [0.2, 0.25) is 0 Å². The molecule has 0 unspecified atom stereocenters. The Morgan fingerprint density at radius 3 is 2.45 bits per heavy atom. The Morgan fingerprint density at radius 2 is 1.86 bits per heavy atom. The number of benzene rings is 2. The SMILES string of the molecule is C=C[C@@H]1CO[C@H](c2ccc(Cl)cc2)N1c1ccc(OC)cc1. The second-order valence-electron chi connectivity index (χ2n) is 5.15. The quantitative estimate of drug-likeness (QED) is 0.779. The summed E-state index contributed by atoms with van der Waals surface area (Å²) in [6.07, 6.45) is 1.77. The Kier molecular flexibility index (Phi) is 4.36. The highest BCUT2D eigenvalue weighted by molar-refractivity contribution is 6.30. The van der Waals surface area contributed by atoms with Gasteiger partial charge in [-0.05, 0) is 36.4 Å². The van der Waals surface area contributed by atoms with Gasteiger partial charge in [-0.15, -0.1) is 6.58 Å². The van der Waals surface area contributed by atoms with Gasteiger partial charge in [-0.25, -0.2) is 0 Å². The topological polar surface area (TPSA) is 21.7 Å². The Bertz CT molecular complexity index is 639. The number of rotatable bonds is 4. The van der Waals surface area contributed by atoms with Gasteiger partial charge in [0, 0.05) is 16.3 Å². The lowest BCUT2D eigenvalue weighted by molar-refractivity contribution is 0.112. The molecular formula is C18H18ClNO2. The van der Waals surface area contributed by atoms with Gasteiger partial charge in [0.15, 0.2) is 6.23 Å². The van der Waals surface area contributed by atoms with Crippen molar-refractivity contribution in [3.05, 3.63) is 71.8 Å². The summed E-state index contributed by atoms with van der Waals surface area (Å²) in [5.41, 5.74) is 2.15. The van der Waals surface area contributed by atoms with Gasteiger partial charge in [0.1, 0.15) is 5.75 Å². The number of halogens is 1. The van der Waals surface area contributed by atoms with Gasteiger partial charge in [0.05, 0.1) is 19.8 Å². The Labute approximate surface area is 135 Å². The van der Waals surface area contributed by atoms with E-state index in [1.165, 1.54) is 0 Å². The predicted molar refractivity (Wildman–Crippen MR) is 89.6 cm³/mol. The van der Waals surface area contributed by atoms with Crippen molar-refractivity contribution in [3.8, 4) is 5.75 Å². The smallest absolute Gasteiger partial charge is 0.157 e. The predicted octanol–water partition coefficient (Wildman–Crippen LogP) is 4.44. The molecule has 1 aliphatic rings. The zero-order chi connectivity index (χ0) is 15.5. The summed E-state index contributed by atoms with van der Waals surface area (Å²) in [7, 11) is 1.66. The second kappa shape index (κ2) is 6.42. The monoisotopic (exact) mass is 315 g/mol. The first-order valence-electron chi connectivity index (χ1n) is 7.15. The van der Waals surface area contributed by atoms with Crippen LogP contribution in [0.1, 0.15) is 11.8 Å². The van der Waals surface area contributed by atoms with Crippen LogP contribution in [-0.4, -0.2) is 19.8 Å². The van der Waals surface area contributed by atoms with Gasteiger partial charge >= 0.3 is 0 Å². The molecule has 0 N–H and O–H groups in total. The first kappa shape index (κ1) is 14.9. The molecule has 3 nitrogen and oxygen atoms in total. The number of nitrogens with zero attached hydrogens (tertiary/aromatic N) is 1. The zero-order valence-electron chi connectivity index (χ0n) is 12.4. The van der Waals surface area contributed by atoms with Crippen molar-refractivity contribution in [2.45, 2.75) is 12.3 Å². The third kappa shape index (κ3) is 2.82. The van der Waals surface area contributed by atoms with Crippen molar-refractivity contribution < 1.29 is 9.47 Å². The van der Waals surface area contributed by atoms with Crippen molar-refractivity contribution in [2.75, 3.05) is 18.6 Å². The van der Waals surface area contributed by atoms with E-state index in [0.29, 0.717) is 6.61 Å². The molecular weight excluding hydrogens is 298 g/mol. The van der Waals surface area contributed by atoms with Crippen LogP contribution in [0.3, 0.4) is 0 Å². The van der Waals surface area contributed by atoms with Crippen LogP contribution in [0.2, 0.25) is 5.02 Å². The number of ether oxygens (including phenoxy) is 2. The highest BCUT2D eigenvalue weighted by atomic mass is 35.5. The van der Waals surface area contributed by atoms with E-state index in [1.807, 2.05) is 54.6 Å². The van der Waals surface area contributed by atoms with Crippen LogP contribution in [-0.2, 0) is 4.74 Å². The van der Waals surface area contributed by atoms with Crippen molar-refractivity contribution in [2.24, 2.45) is 0 Å². The Balaban J connectivity index is 1.95. The van der Waals surface area contributed by atoms with Crippen molar-refractivity contribution >= 4 is 17.3 Å². The molecule has 0 radical (unpaired) electrons. The molecule has 1 heterocycles. The van der Waals surface area contributed by atoms with Crippen LogP contribution >= 0.6 is 11.6 Å². The molecule has 22 heavy (non-hydrogen) atoms. The van der Waals surface area contributed by atoms with Gasteiger partial charge in [0.25, 0.3) is 0 Å². The van der Waals surface area contributed by atoms with Crippen molar-refractivity contribution in [1.29, 1.82) is 0 Å². The van der Waals surface area contributed by atoms with Crippen LogP contribution in [0.15, 0.2) is 61.2 Å².